The molecule has 2 rings (SSSR count). The van der Waals surface area contributed by atoms with Crippen molar-refractivity contribution >= 4 is 11.9 Å². The lowest BCUT2D eigenvalue weighted by molar-refractivity contribution is -0.138. The van der Waals surface area contributed by atoms with Gasteiger partial charge in [-0.3, -0.25) is 5.43 Å². The summed E-state index contributed by atoms with van der Waals surface area (Å²) in [5.41, 5.74) is 2.67. The third-order valence-electron chi connectivity index (χ3n) is 3.73. The van der Waals surface area contributed by atoms with Crippen molar-refractivity contribution in [3.63, 3.8) is 0 Å². The van der Waals surface area contributed by atoms with Gasteiger partial charge in [0.05, 0.1) is 29.5 Å². The van der Waals surface area contributed by atoms with Crippen LogP contribution < -0.4 is 5.43 Å². The molecule has 1 aliphatic rings. The molecule has 25 heavy (non-hydrogen) atoms. The number of hydrogen-bond acceptors (Lipinski definition) is 5. The van der Waals surface area contributed by atoms with Crippen molar-refractivity contribution in [3.05, 3.63) is 46.8 Å². The van der Waals surface area contributed by atoms with Crippen molar-refractivity contribution < 1.29 is 27.4 Å². The average Bonchev–Trinajstić information content (AvgIpc) is 2.56. The molecule has 0 saturated carbocycles. The summed E-state index contributed by atoms with van der Waals surface area (Å²) in [5.74, 6) is -0.865. The van der Waals surface area contributed by atoms with Gasteiger partial charge in [0.15, 0.2) is 0 Å². The van der Waals surface area contributed by atoms with Gasteiger partial charge in [0.25, 0.3) is 0 Å². The average molecular weight is 356 g/mol. The first-order valence-corrected chi connectivity index (χ1v) is 7.83. The van der Waals surface area contributed by atoms with Gasteiger partial charge < -0.3 is 9.47 Å². The number of carbonyl (C=O) groups is 1. The van der Waals surface area contributed by atoms with Crippen LogP contribution >= 0.6 is 0 Å². The molecule has 1 aromatic rings. The molecule has 136 valence electrons. The number of nitrogens with one attached hydrogen (secondary N) is 1. The van der Waals surface area contributed by atoms with Crippen LogP contribution in [-0.2, 0) is 15.7 Å². The molecule has 0 fully saturated rings. The predicted molar refractivity (Wildman–Crippen MR) is 85.9 cm³/mol. The fourth-order valence-corrected chi connectivity index (χ4v) is 2.63. The van der Waals surface area contributed by atoms with Crippen LogP contribution in [0.1, 0.15) is 44.2 Å². The van der Waals surface area contributed by atoms with Gasteiger partial charge in [0.1, 0.15) is 5.76 Å². The van der Waals surface area contributed by atoms with E-state index in [1.54, 1.807) is 20.8 Å². The van der Waals surface area contributed by atoms with E-state index >= 15 is 0 Å². The first kappa shape index (κ1) is 18.8. The monoisotopic (exact) mass is 356 g/mol. The highest BCUT2D eigenvalue weighted by Crippen LogP contribution is 2.40. The molecule has 0 aromatic heterocycles. The Morgan fingerprint density at radius 3 is 2.56 bits per heavy atom. The quantitative estimate of drug-likeness (QED) is 0.803. The predicted octanol–water partition coefficient (Wildman–Crippen LogP) is 4.56. The molecule has 0 spiro atoms. The highest BCUT2D eigenvalue weighted by molar-refractivity contribution is 5.94. The fraction of sp³-hybridized carbons (Fsp3) is 0.412. The normalized spacial score (nSPS) is 17.7. The third-order valence-corrected chi connectivity index (χ3v) is 3.73. The number of alkyl halides is 3. The molecular weight excluding hydrogens is 337 g/mol. The zero-order chi connectivity index (χ0) is 18.6. The summed E-state index contributed by atoms with van der Waals surface area (Å²) in [6.07, 6.45) is -5.12. The van der Waals surface area contributed by atoms with Crippen LogP contribution in [0.5, 0.6) is 0 Å². The molecule has 1 heterocycles. The minimum Gasteiger partial charge on any atom is -0.434 e. The number of ether oxygens (including phenoxy) is 2. The lowest BCUT2D eigenvalue weighted by Crippen LogP contribution is -2.30. The molecule has 1 aliphatic heterocycles. The van der Waals surface area contributed by atoms with Crippen molar-refractivity contribution in [2.75, 3.05) is 6.61 Å². The number of allylic oxidation sites excluding steroid dienone is 2. The van der Waals surface area contributed by atoms with Gasteiger partial charge in [0.2, 0.25) is 0 Å². The Bertz CT molecular complexity index is 711. The van der Waals surface area contributed by atoms with Crippen LogP contribution in [0.4, 0.5) is 18.0 Å². The largest absolute Gasteiger partial charge is 0.513 e. The summed E-state index contributed by atoms with van der Waals surface area (Å²) in [7, 11) is 0. The SMILES string of the molecule is CCOC(=O)OC1=C(C)NN=C(CC)C1c1ccccc1C(F)(F)F. The van der Waals surface area contributed by atoms with Crippen LogP contribution in [0.3, 0.4) is 0 Å². The maximum Gasteiger partial charge on any atom is 0.513 e. The minimum absolute atomic E-state index is 0.0178. The van der Waals surface area contributed by atoms with Crippen molar-refractivity contribution in [2.24, 2.45) is 5.10 Å². The van der Waals surface area contributed by atoms with Crippen molar-refractivity contribution in [2.45, 2.75) is 39.3 Å². The number of benzene rings is 1. The Labute approximate surface area is 143 Å². The van der Waals surface area contributed by atoms with Crippen LogP contribution in [-0.4, -0.2) is 18.5 Å². The van der Waals surface area contributed by atoms with Crippen LogP contribution in [0.25, 0.3) is 0 Å². The fourth-order valence-electron chi connectivity index (χ4n) is 2.63. The maximum absolute atomic E-state index is 13.4. The van der Waals surface area contributed by atoms with Gasteiger partial charge in [0, 0.05) is 0 Å². The molecular formula is C17H19F3N2O3. The Hall–Kier alpha value is -2.51. The van der Waals surface area contributed by atoms with E-state index < -0.39 is 23.8 Å². The summed E-state index contributed by atoms with van der Waals surface area (Å²) in [6.45, 7) is 5.05. The number of nitrogens with zero attached hydrogens (tertiary/aromatic N) is 1. The van der Waals surface area contributed by atoms with E-state index in [9.17, 15) is 18.0 Å². The summed E-state index contributed by atoms with van der Waals surface area (Å²) in [5, 5.41) is 4.12. The molecule has 0 aliphatic carbocycles. The smallest absolute Gasteiger partial charge is 0.434 e. The Balaban J connectivity index is 2.55. The number of carbonyl (C=O) groups excluding carboxylic acids is 1. The molecule has 8 heteroatoms. The molecule has 1 unspecified atom stereocenters. The van der Waals surface area contributed by atoms with Crippen LogP contribution in [0.2, 0.25) is 0 Å². The second-order valence-corrected chi connectivity index (χ2v) is 5.36. The van der Waals surface area contributed by atoms with E-state index in [1.807, 2.05) is 0 Å². The van der Waals surface area contributed by atoms with Crippen molar-refractivity contribution in [3.8, 4) is 0 Å². The highest BCUT2D eigenvalue weighted by Gasteiger charge is 2.39. The Morgan fingerprint density at radius 1 is 1.28 bits per heavy atom. The Morgan fingerprint density at radius 2 is 1.96 bits per heavy atom. The van der Waals surface area contributed by atoms with Crippen molar-refractivity contribution in [1.82, 2.24) is 5.43 Å². The molecule has 1 aromatic carbocycles. The molecule has 0 amide bonds. The van der Waals surface area contributed by atoms with Crippen molar-refractivity contribution in [1.29, 1.82) is 0 Å². The lowest BCUT2D eigenvalue weighted by Gasteiger charge is -2.28. The number of hydrazone groups is 1. The second-order valence-electron chi connectivity index (χ2n) is 5.36. The first-order chi connectivity index (χ1) is 11.8. The van der Waals surface area contributed by atoms with E-state index in [1.165, 1.54) is 18.2 Å². The van der Waals surface area contributed by atoms with Crippen LogP contribution in [0, 0.1) is 0 Å². The zero-order valence-corrected chi connectivity index (χ0v) is 14.1. The Kier molecular flexibility index (Phi) is 5.71. The molecule has 0 saturated heterocycles. The third kappa shape index (κ3) is 4.12. The molecule has 5 nitrogen and oxygen atoms in total. The molecule has 0 radical (unpaired) electrons. The number of rotatable bonds is 4. The van der Waals surface area contributed by atoms with E-state index in [2.05, 4.69) is 10.5 Å². The van der Waals surface area contributed by atoms with Gasteiger partial charge in [-0.1, -0.05) is 25.1 Å². The topological polar surface area (TPSA) is 59.9 Å². The van der Waals surface area contributed by atoms with Gasteiger partial charge in [-0.15, -0.1) is 0 Å². The summed E-state index contributed by atoms with van der Waals surface area (Å²) in [6, 6.07) is 5.20. The second kappa shape index (κ2) is 7.58. The van der Waals surface area contributed by atoms with E-state index in [0.717, 1.165) is 6.07 Å². The molecule has 1 N–H and O–H groups in total. The van der Waals surface area contributed by atoms with Gasteiger partial charge in [-0.25, -0.2) is 4.79 Å². The van der Waals surface area contributed by atoms with E-state index in [-0.39, 0.29) is 17.9 Å². The summed E-state index contributed by atoms with van der Waals surface area (Å²) < 4.78 is 50.3. The number of hydrogen-bond donors (Lipinski definition) is 1. The van der Waals surface area contributed by atoms with Gasteiger partial charge in [-0.2, -0.15) is 18.3 Å². The van der Waals surface area contributed by atoms with Crippen LogP contribution in [0.15, 0.2) is 40.8 Å². The molecule has 0 bridgehead atoms. The highest BCUT2D eigenvalue weighted by atomic mass is 19.4. The number of halogens is 3. The zero-order valence-electron chi connectivity index (χ0n) is 14.1. The minimum atomic E-state index is -4.54. The van der Waals surface area contributed by atoms with E-state index in [0.29, 0.717) is 17.8 Å². The summed E-state index contributed by atoms with van der Waals surface area (Å²) >= 11 is 0. The summed E-state index contributed by atoms with van der Waals surface area (Å²) in [4.78, 5) is 11.7. The lowest BCUT2D eigenvalue weighted by atomic mass is 9.86. The van der Waals surface area contributed by atoms with Gasteiger partial charge >= 0.3 is 12.3 Å². The van der Waals surface area contributed by atoms with Gasteiger partial charge in [-0.05, 0) is 31.9 Å². The first-order valence-electron chi connectivity index (χ1n) is 7.83. The standard InChI is InChI=1S/C17H19F3N2O3/c1-4-13-14(11-8-6-7-9-12(11)17(18,19)20)15(10(3)21-22-13)25-16(23)24-5-2/h6-9,14,21H,4-5H2,1-3H3. The van der Waals surface area contributed by atoms with E-state index in [4.69, 9.17) is 9.47 Å². The maximum atomic E-state index is 13.4. The molecule has 1 atom stereocenters.